The van der Waals surface area contributed by atoms with E-state index in [1.54, 1.807) is 4.90 Å². The Morgan fingerprint density at radius 3 is 2.87 bits per heavy atom. The van der Waals surface area contributed by atoms with E-state index in [9.17, 15) is 14.4 Å². The summed E-state index contributed by atoms with van der Waals surface area (Å²) in [5, 5.41) is 5.73. The summed E-state index contributed by atoms with van der Waals surface area (Å²) < 4.78 is 5.70. The molecule has 0 saturated carbocycles. The van der Waals surface area contributed by atoms with Crippen LogP contribution in [0.25, 0.3) is 0 Å². The van der Waals surface area contributed by atoms with Gasteiger partial charge in [-0.05, 0) is 25.8 Å². The number of carbonyl (C=O) groups is 3. The Morgan fingerprint density at radius 1 is 1.23 bits per heavy atom. The Bertz CT molecular complexity index is 754. The van der Waals surface area contributed by atoms with Gasteiger partial charge in [0.15, 0.2) is 0 Å². The number of rotatable bonds is 9. The summed E-state index contributed by atoms with van der Waals surface area (Å²) >= 11 is 0. The second kappa shape index (κ2) is 11.0. The molecule has 8 nitrogen and oxygen atoms in total. The average Bonchev–Trinajstić information content (AvgIpc) is 2.73. The van der Waals surface area contributed by atoms with Crippen LogP contribution in [0, 0.1) is 0 Å². The number of piperazine rings is 1. The first-order valence-corrected chi connectivity index (χ1v) is 10.9. The van der Waals surface area contributed by atoms with Gasteiger partial charge in [0, 0.05) is 51.3 Å². The molecule has 0 aromatic heterocycles. The number of ether oxygens (including phenoxy) is 1. The van der Waals surface area contributed by atoms with Gasteiger partial charge >= 0.3 is 0 Å². The Labute approximate surface area is 177 Å². The summed E-state index contributed by atoms with van der Waals surface area (Å²) in [6.45, 7) is 5.98. The van der Waals surface area contributed by atoms with E-state index < -0.39 is 6.04 Å². The lowest BCUT2D eigenvalue weighted by atomic mass is 10.1. The molecule has 2 fully saturated rings. The van der Waals surface area contributed by atoms with E-state index in [0.29, 0.717) is 45.8 Å². The highest BCUT2D eigenvalue weighted by atomic mass is 16.5. The van der Waals surface area contributed by atoms with Crippen molar-refractivity contribution in [1.29, 1.82) is 0 Å². The number of amides is 3. The molecule has 1 unspecified atom stereocenters. The predicted molar refractivity (Wildman–Crippen MR) is 113 cm³/mol. The minimum absolute atomic E-state index is 0.0938. The van der Waals surface area contributed by atoms with Crippen LogP contribution in [-0.2, 0) is 20.9 Å². The molecule has 2 heterocycles. The van der Waals surface area contributed by atoms with E-state index >= 15 is 0 Å². The number of hydrogen-bond acceptors (Lipinski definition) is 5. The van der Waals surface area contributed by atoms with Crippen molar-refractivity contribution in [2.24, 2.45) is 0 Å². The van der Waals surface area contributed by atoms with Gasteiger partial charge in [-0.15, -0.1) is 0 Å². The first-order valence-electron chi connectivity index (χ1n) is 10.9. The second-order valence-corrected chi connectivity index (χ2v) is 7.71. The molecule has 3 rings (SSSR count). The summed E-state index contributed by atoms with van der Waals surface area (Å²) in [4.78, 5) is 40.7. The van der Waals surface area contributed by atoms with Crippen molar-refractivity contribution in [2.45, 2.75) is 45.2 Å². The van der Waals surface area contributed by atoms with Gasteiger partial charge in [-0.25, -0.2) is 0 Å². The highest BCUT2D eigenvalue weighted by Crippen LogP contribution is 2.22. The van der Waals surface area contributed by atoms with Gasteiger partial charge in [0.2, 0.25) is 17.7 Å². The Balaban J connectivity index is 1.55. The molecule has 2 N–H and O–H groups in total. The van der Waals surface area contributed by atoms with Crippen LogP contribution in [0.1, 0.15) is 38.2 Å². The molecule has 0 aliphatic carbocycles. The molecule has 30 heavy (non-hydrogen) atoms. The van der Waals surface area contributed by atoms with Gasteiger partial charge < -0.3 is 20.3 Å². The second-order valence-electron chi connectivity index (χ2n) is 7.71. The third kappa shape index (κ3) is 5.95. The summed E-state index contributed by atoms with van der Waals surface area (Å²) in [5.41, 5.74) is 1.00. The molecule has 8 heteroatoms. The number of benzene rings is 1. The molecule has 3 amide bonds. The molecular formula is C22H32N4O4. The van der Waals surface area contributed by atoms with Crippen molar-refractivity contribution < 1.29 is 19.1 Å². The van der Waals surface area contributed by atoms with Crippen LogP contribution in [0.3, 0.4) is 0 Å². The fourth-order valence-corrected chi connectivity index (χ4v) is 4.00. The van der Waals surface area contributed by atoms with Crippen LogP contribution in [0.5, 0.6) is 5.75 Å². The fraction of sp³-hybridized carbons (Fsp3) is 0.591. The van der Waals surface area contributed by atoms with Crippen molar-refractivity contribution >= 4 is 17.7 Å². The van der Waals surface area contributed by atoms with Crippen LogP contribution in [-0.4, -0.2) is 72.9 Å². The zero-order valence-electron chi connectivity index (χ0n) is 17.7. The predicted octanol–water partition coefficient (Wildman–Crippen LogP) is 0.905. The molecule has 1 aromatic rings. The van der Waals surface area contributed by atoms with E-state index in [2.05, 4.69) is 10.6 Å². The van der Waals surface area contributed by atoms with Crippen molar-refractivity contribution in [3.05, 3.63) is 29.8 Å². The Hall–Kier alpha value is -2.61. The number of carbonyl (C=O) groups excluding carboxylic acids is 3. The molecular weight excluding hydrogens is 384 g/mol. The maximum atomic E-state index is 12.5. The molecule has 164 valence electrons. The number of piperidine rings is 1. The summed E-state index contributed by atoms with van der Waals surface area (Å²) in [5.74, 6) is 0.655. The highest BCUT2D eigenvalue weighted by molar-refractivity contribution is 5.88. The van der Waals surface area contributed by atoms with Gasteiger partial charge in [-0.2, -0.15) is 0 Å². The molecule has 0 bridgehead atoms. The molecule has 2 saturated heterocycles. The number of hydrogen-bond donors (Lipinski definition) is 2. The van der Waals surface area contributed by atoms with Gasteiger partial charge in [0.05, 0.1) is 19.1 Å². The minimum atomic E-state index is -0.523. The fourth-order valence-electron chi connectivity index (χ4n) is 4.00. The zero-order valence-corrected chi connectivity index (χ0v) is 17.7. The molecule has 1 aromatic carbocycles. The van der Waals surface area contributed by atoms with Gasteiger partial charge in [-0.1, -0.05) is 18.2 Å². The maximum Gasteiger partial charge on any atom is 0.237 e. The summed E-state index contributed by atoms with van der Waals surface area (Å²) in [7, 11) is 0. The lowest BCUT2D eigenvalue weighted by Crippen LogP contribution is -2.56. The molecule has 0 spiro atoms. The van der Waals surface area contributed by atoms with E-state index in [4.69, 9.17) is 4.74 Å². The minimum Gasteiger partial charge on any atom is -0.494 e. The van der Waals surface area contributed by atoms with Crippen molar-refractivity contribution in [3.63, 3.8) is 0 Å². The molecule has 2 aliphatic rings. The third-order valence-corrected chi connectivity index (χ3v) is 5.59. The number of nitrogens with one attached hydrogen (secondary N) is 2. The van der Waals surface area contributed by atoms with Crippen LogP contribution in [0.4, 0.5) is 0 Å². The van der Waals surface area contributed by atoms with Gasteiger partial charge in [0.25, 0.3) is 0 Å². The lowest BCUT2D eigenvalue weighted by molar-refractivity contribution is -0.134. The van der Waals surface area contributed by atoms with E-state index in [0.717, 1.165) is 30.7 Å². The molecule has 2 aliphatic heterocycles. The van der Waals surface area contributed by atoms with E-state index in [1.165, 1.54) is 0 Å². The van der Waals surface area contributed by atoms with Crippen LogP contribution in [0.2, 0.25) is 0 Å². The highest BCUT2D eigenvalue weighted by Gasteiger charge is 2.32. The summed E-state index contributed by atoms with van der Waals surface area (Å²) in [6.07, 6.45) is 2.64. The number of nitrogens with zero attached hydrogens (tertiary/aromatic N) is 2. The first-order chi connectivity index (χ1) is 14.6. The van der Waals surface area contributed by atoms with Crippen LogP contribution >= 0.6 is 0 Å². The maximum absolute atomic E-state index is 12.5. The van der Waals surface area contributed by atoms with E-state index in [1.807, 2.05) is 36.1 Å². The quantitative estimate of drug-likeness (QED) is 0.624. The van der Waals surface area contributed by atoms with Crippen molar-refractivity contribution in [2.75, 3.05) is 39.3 Å². The van der Waals surface area contributed by atoms with Crippen molar-refractivity contribution in [1.82, 2.24) is 20.4 Å². The largest absolute Gasteiger partial charge is 0.494 e. The van der Waals surface area contributed by atoms with Crippen molar-refractivity contribution in [3.8, 4) is 5.75 Å². The Kier molecular flexibility index (Phi) is 8.07. The topological polar surface area (TPSA) is 91.0 Å². The summed E-state index contributed by atoms with van der Waals surface area (Å²) in [6, 6.07) is 7.27. The van der Waals surface area contributed by atoms with Crippen LogP contribution < -0.4 is 15.4 Å². The molecule has 1 atom stereocenters. The standard InChI is InChI=1S/C22H32N4O4/c1-2-30-19-8-4-3-7-17(19)16-26-14-11-24-22(29)18(26)15-20(27)23-10-13-25-12-6-5-9-21(25)28/h3-4,7-8,18H,2,5-6,9-16H2,1H3,(H,23,27)(H,24,29). The normalized spacial score (nSPS) is 20.0. The number of likely N-dealkylation sites (tertiary alicyclic amines) is 1. The third-order valence-electron chi connectivity index (χ3n) is 5.59. The Morgan fingerprint density at radius 2 is 2.07 bits per heavy atom. The smallest absolute Gasteiger partial charge is 0.237 e. The average molecular weight is 417 g/mol. The first kappa shape index (κ1) is 22.1. The van der Waals surface area contributed by atoms with Gasteiger partial charge in [-0.3, -0.25) is 19.3 Å². The molecule has 0 radical (unpaired) electrons. The number of para-hydroxylation sites is 1. The zero-order chi connectivity index (χ0) is 21.3. The van der Waals surface area contributed by atoms with Gasteiger partial charge in [0.1, 0.15) is 5.75 Å². The SMILES string of the molecule is CCOc1ccccc1CN1CCNC(=O)C1CC(=O)NCCN1CCCCC1=O. The van der Waals surface area contributed by atoms with E-state index in [-0.39, 0.29) is 24.1 Å². The lowest BCUT2D eigenvalue weighted by Gasteiger charge is -2.35. The monoisotopic (exact) mass is 416 g/mol. The van der Waals surface area contributed by atoms with Crippen LogP contribution in [0.15, 0.2) is 24.3 Å².